The van der Waals surface area contributed by atoms with Gasteiger partial charge in [-0.25, -0.2) is 0 Å². The Hall–Kier alpha value is -1.15. The Morgan fingerprint density at radius 3 is 3.07 bits per heavy atom. The quantitative estimate of drug-likeness (QED) is 0.725. The van der Waals surface area contributed by atoms with Crippen molar-refractivity contribution < 1.29 is 4.79 Å². The first-order valence-electron chi connectivity index (χ1n) is 5.14. The number of Topliss-reactive ketones (excluding diaryl/α,β-unsaturated/α-hetero) is 1. The third kappa shape index (κ3) is 1.46. The Kier molecular flexibility index (Phi) is 2.38. The SMILES string of the molecule is CCC(=O)c1ccc2c(c1)CC[C@@H]2N. The van der Waals surface area contributed by atoms with Crippen molar-refractivity contribution in [3.8, 4) is 0 Å². The Morgan fingerprint density at radius 2 is 2.36 bits per heavy atom. The van der Waals surface area contributed by atoms with Crippen molar-refractivity contribution in [2.75, 3.05) is 0 Å². The molecule has 14 heavy (non-hydrogen) atoms. The third-order valence-corrected chi connectivity index (χ3v) is 2.91. The summed E-state index contributed by atoms with van der Waals surface area (Å²) in [5.74, 6) is 0.216. The zero-order chi connectivity index (χ0) is 10.1. The predicted molar refractivity (Wildman–Crippen MR) is 56.3 cm³/mol. The van der Waals surface area contributed by atoms with E-state index in [4.69, 9.17) is 5.73 Å². The molecule has 0 fully saturated rings. The second kappa shape index (κ2) is 3.54. The van der Waals surface area contributed by atoms with Crippen LogP contribution in [0.4, 0.5) is 0 Å². The molecule has 0 saturated heterocycles. The van der Waals surface area contributed by atoms with Crippen molar-refractivity contribution in [2.24, 2.45) is 5.73 Å². The first-order valence-corrected chi connectivity index (χ1v) is 5.14. The Balaban J connectivity index is 2.37. The maximum Gasteiger partial charge on any atom is 0.162 e. The molecule has 0 bridgehead atoms. The van der Waals surface area contributed by atoms with Crippen molar-refractivity contribution in [3.05, 3.63) is 34.9 Å². The lowest BCUT2D eigenvalue weighted by molar-refractivity contribution is 0.0988. The third-order valence-electron chi connectivity index (χ3n) is 2.91. The van der Waals surface area contributed by atoms with Crippen molar-refractivity contribution in [1.82, 2.24) is 0 Å². The lowest BCUT2D eigenvalue weighted by Gasteiger charge is -2.05. The lowest BCUT2D eigenvalue weighted by atomic mass is 10.0. The molecule has 2 nitrogen and oxygen atoms in total. The van der Waals surface area contributed by atoms with Crippen molar-refractivity contribution in [3.63, 3.8) is 0 Å². The summed E-state index contributed by atoms with van der Waals surface area (Å²) >= 11 is 0. The number of hydrogen-bond acceptors (Lipinski definition) is 2. The van der Waals surface area contributed by atoms with Gasteiger partial charge in [-0.15, -0.1) is 0 Å². The highest BCUT2D eigenvalue weighted by Gasteiger charge is 2.19. The summed E-state index contributed by atoms with van der Waals surface area (Å²) in [6.45, 7) is 1.89. The highest BCUT2D eigenvalue weighted by molar-refractivity contribution is 5.96. The molecule has 1 aromatic rings. The fourth-order valence-electron chi connectivity index (χ4n) is 2.03. The molecular weight excluding hydrogens is 174 g/mol. The molecule has 0 aromatic heterocycles. The Bertz CT molecular complexity index is 371. The number of rotatable bonds is 2. The average molecular weight is 189 g/mol. The van der Waals surface area contributed by atoms with Gasteiger partial charge in [-0.1, -0.05) is 19.1 Å². The van der Waals surface area contributed by atoms with E-state index in [2.05, 4.69) is 0 Å². The van der Waals surface area contributed by atoms with Crippen LogP contribution in [0.1, 0.15) is 47.3 Å². The molecule has 1 aliphatic rings. The van der Waals surface area contributed by atoms with E-state index >= 15 is 0 Å². The van der Waals surface area contributed by atoms with Crippen LogP contribution in [0.2, 0.25) is 0 Å². The zero-order valence-electron chi connectivity index (χ0n) is 8.42. The Morgan fingerprint density at radius 1 is 1.57 bits per heavy atom. The van der Waals surface area contributed by atoms with Crippen molar-refractivity contribution in [2.45, 2.75) is 32.2 Å². The van der Waals surface area contributed by atoms with Gasteiger partial charge in [-0.2, -0.15) is 0 Å². The minimum absolute atomic E-state index is 0.177. The molecule has 0 saturated carbocycles. The molecule has 0 spiro atoms. The van der Waals surface area contributed by atoms with Gasteiger partial charge in [0.05, 0.1) is 0 Å². The van der Waals surface area contributed by atoms with Crippen LogP contribution in [0.25, 0.3) is 0 Å². The largest absolute Gasteiger partial charge is 0.324 e. The first-order chi connectivity index (χ1) is 6.72. The van der Waals surface area contributed by atoms with E-state index in [1.165, 1.54) is 11.1 Å². The van der Waals surface area contributed by atoms with Crippen LogP contribution in [0.15, 0.2) is 18.2 Å². The van der Waals surface area contributed by atoms with Crippen LogP contribution in [0.3, 0.4) is 0 Å². The summed E-state index contributed by atoms with van der Waals surface area (Å²) in [6, 6.07) is 6.09. The van der Waals surface area contributed by atoms with Gasteiger partial charge in [0.25, 0.3) is 0 Å². The van der Waals surface area contributed by atoms with E-state index in [1.54, 1.807) is 0 Å². The summed E-state index contributed by atoms with van der Waals surface area (Å²) < 4.78 is 0. The number of benzene rings is 1. The van der Waals surface area contributed by atoms with E-state index in [0.29, 0.717) is 6.42 Å². The van der Waals surface area contributed by atoms with E-state index in [9.17, 15) is 4.79 Å². The van der Waals surface area contributed by atoms with Crippen molar-refractivity contribution in [1.29, 1.82) is 0 Å². The molecule has 74 valence electrons. The number of ketones is 1. The molecule has 1 aromatic carbocycles. The Labute approximate surface area is 84.1 Å². The van der Waals surface area contributed by atoms with E-state index in [1.807, 2.05) is 25.1 Å². The van der Waals surface area contributed by atoms with Gasteiger partial charge in [-0.3, -0.25) is 4.79 Å². The van der Waals surface area contributed by atoms with Gasteiger partial charge < -0.3 is 5.73 Å². The van der Waals surface area contributed by atoms with Crippen LogP contribution in [-0.4, -0.2) is 5.78 Å². The number of fused-ring (bicyclic) bond motifs is 1. The molecule has 2 rings (SSSR count). The number of carbonyl (C=O) groups is 1. The van der Waals surface area contributed by atoms with Gasteiger partial charge in [0.15, 0.2) is 5.78 Å². The minimum Gasteiger partial charge on any atom is -0.324 e. The summed E-state index contributed by atoms with van der Waals surface area (Å²) in [7, 11) is 0. The number of aryl methyl sites for hydroxylation is 1. The van der Waals surface area contributed by atoms with Crippen LogP contribution in [0.5, 0.6) is 0 Å². The number of carbonyl (C=O) groups excluding carboxylic acids is 1. The van der Waals surface area contributed by atoms with Crippen LogP contribution in [-0.2, 0) is 6.42 Å². The van der Waals surface area contributed by atoms with Crippen LogP contribution in [0, 0.1) is 0 Å². The maximum atomic E-state index is 11.5. The molecule has 0 radical (unpaired) electrons. The molecule has 2 heteroatoms. The highest BCUT2D eigenvalue weighted by atomic mass is 16.1. The fourth-order valence-corrected chi connectivity index (χ4v) is 2.03. The molecule has 0 heterocycles. The monoisotopic (exact) mass is 189 g/mol. The molecule has 0 aliphatic heterocycles. The van der Waals surface area contributed by atoms with E-state index in [0.717, 1.165) is 18.4 Å². The van der Waals surface area contributed by atoms with E-state index < -0.39 is 0 Å². The lowest BCUT2D eigenvalue weighted by Crippen LogP contribution is -2.05. The fraction of sp³-hybridized carbons (Fsp3) is 0.417. The first kappa shape index (κ1) is 9.41. The topological polar surface area (TPSA) is 43.1 Å². The molecule has 2 N–H and O–H groups in total. The van der Waals surface area contributed by atoms with Gasteiger partial charge in [0.2, 0.25) is 0 Å². The summed E-state index contributed by atoms with van der Waals surface area (Å²) in [5.41, 5.74) is 9.23. The second-order valence-electron chi connectivity index (χ2n) is 3.84. The molecule has 1 aliphatic carbocycles. The molecule has 0 amide bonds. The van der Waals surface area contributed by atoms with Crippen molar-refractivity contribution >= 4 is 5.78 Å². The summed E-state index contributed by atoms with van der Waals surface area (Å²) in [5, 5.41) is 0. The van der Waals surface area contributed by atoms with Crippen LogP contribution >= 0.6 is 0 Å². The maximum absolute atomic E-state index is 11.5. The number of hydrogen-bond donors (Lipinski definition) is 1. The zero-order valence-corrected chi connectivity index (χ0v) is 8.42. The number of nitrogens with two attached hydrogens (primary N) is 1. The molecule has 1 atom stereocenters. The van der Waals surface area contributed by atoms with E-state index in [-0.39, 0.29) is 11.8 Å². The highest BCUT2D eigenvalue weighted by Crippen LogP contribution is 2.29. The van der Waals surface area contributed by atoms with Gasteiger partial charge in [0.1, 0.15) is 0 Å². The normalized spacial score (nSPS) is 19.4. The van der Waals surface area contributed by atoms with Gasteiger partial charge in [-0.05, 0) is 30.0 Å². The van der Waals surface area contributed by atoms with Gasteiger partial charge in [0, 0.05) is 18.0 Å². The van der Waals surface area contributed by atoms with Crippen LogP contribution < -0.4 is 5.73 Å². The average Bonchev–Trinajstić information content (AvgIpc) is 2.59. The minimum atomic E-state index is 0.177. The smallest absolute Gasteiger partial charge is 0.162 e. The van der Waals surface area contributed by atoms with Gasteiger partial charge >= 0.3 is 0 Å². The second-order valence-corrected chi connectivity index (χ2v) is 3.84. The summed E-state index contributed by atoms with van der Waals surface area (Å²) in [4.78, 5) is 11.5. The predicted octanol–water partition coefficient (Wildman–Crippen LogP) is 2.23. The molecule has 0 unspecified atom stereocenters. The summed E-state index contributed by atoms with van der Waals surface area (Å²) in [6.07, 6.45) is 2.60. The molecular formula is C12H15NO. The standard InChI is InChI=1S/C12H15NO/c1-2-12(14)9-3-5-10-8(7-9)4-6-11(10)13/h3,5,7,11H,2,4,6,13H2,1H3/t11-/m0/s1.